The van der Waals surface area contributed by atoms with Gasteiger partial charge >= 0.3 is 0 Å². The number of benzene rings is 2. The molecule has 0 atom stereocenters. The lowest BCUT2D eigenvalue weighted by atomic mass is 10.3. The van der Waals surface area contributed by atoms with Crippen molar-refractivity contribution in [3.63, 3.8) is 0 Å². The quantitative estimate of drug-likeness (QED) is 0.580. The molecule has 2 aromatic carbocycles. The predicted molar refractivity (Wildman–Crippen MR) is 83.5 cm³/mol. The van der Waals surface area contributed by atoms with Crippen molar-refractivity contribution in [1.29, 1.82) is 0 Å². The zero-order valence-electron chi connectivity index (χ0n) is 11.1. The largest absolute Gasteiger partial charge is 0.107 e. The van der Waals surface area contributed by atoms with Crippen LogP contribution in [0.1, 0.15) is 13.8 Å². The van der Waals surface area contributed by atoms with Gasteiger partial charge < -0.3 is 0 Å². The number of rotatable bonds is 4. The molecular formula is C17H20Si. The summed E-state index contributed by atoms with van der Waals surface area (Å²) < 4.78 is 0. The average Bonchev–Trinajstić information content (AvgIpc) is 2.46. The van der Waals surface area contributed by atoms with E-state index in [1.165, 1.54) is 22.0 Å². The van der Waals surface area contributed by atoms with Gasteiger partial charge in [-0.15, -0.1) is 0 Å². The van der Waals surface area contributed by atoms with Gasteiger partial charge in [-0.2, -0.15) is 0 Å². The molecule has 0 bridgehead atoms. The van der Waals surface area contributed by atoms with E-state index < -0.39 is 8.80 Å². The highest BCUT2D eigenvalue weighted by molar-refractivity contribution is 6.85. The smallest absolute Gasteiger partial charge is 0.0890 e. The summed E-state index contributed by atoms with van der Waals surface area (Å²) in [6, 6.07) is 23.2. The molecular weight excluding hydrogens is 232 g/mol. The van der Waals surface area contributed by atoms with E-state index in [0.717, 1.165) is 0 Å². The fraction of sp³-hybridized carbons (Fsp3) is 0.176. The Morgan fingerprint density at radius 2 is 1.33 bits per heavy atom. The molecule has 0 aliphatic rings. The minimum atomic E-state index is -1.09. The maximum Gasteiger partial charge on any atom is 0.107 e. The van der Waals surface area contributed by atoms with Gasteiger partial charge in [-0.05, 0) is 19.9 Å². The Bertz CT molecular complexity index is 460. The number of allylic oxidation sites excluding steroid dienone is 2. The van der Waals surface area contributed by atoms with Gasteiger partial charge in [0.2, 0.25) is 0 Å². The molecule has 2 aromatic rings. The lowest BCUT2D eigenvalue weighted by Gasteiger charge is -2.16. The number of hydrogen-bond donors (Lipinski definition) is 0. The first-order valence-electron chi connectivity index (χ1n) is 6.53. The summed E-state index contributed by atoms with van der Waals surface area (Å²) in [5.74, 6) is 0. The molecule has 0 heterocycles. The van der Waals surface area contributed by atoms with E-state index in [2.05, 4.69) is 80.6 Å². The summed E-state index contributed by atoms with van der Waals surface area (Å²) in [4.78, 5) is 0. The van der Waals surface area contributed by atoms with E-state index in [0.29, 0.717) is 0 Å². The van der Waals surface area contributed by atoms with Crippen LogP contribution in [0.2, 0.25) is 6.04 Å². The molecule has 92 valence electrons. The summed E-state index contributed by atoms with van der Waals surface area (Å²) in [7, 11) is -1.09. The molecule has 0 aliphatic carbocycles. The first-order valence-corrected chi connectivity index (χ1v) is 8.50. The van der Waals surface area contributed by atoms with Gasteiger partial charge in [0.1, 0.15) is 8.80 Å². The summed E-state index contributed by atoms with van der Waals surface area (Å²) in [6.07, 6.45) is 2.24. The molecule has 1 heteroatoms. The maximum atomic E-state index is 2.28. The molecule has 0 spiro atoms. The van der Waals surface area contributed by atoms with Gasteiger partial charge in [0.15, 0.2) is 0 Å². The molecule has 18 heavy (non-hydrogen) atoms. The van der Waals surface area contributed by atoms with Crippen LogP contribution in [-0.2, 0) is 0 Å². The molecule has 0 amide bonds. The van der Waals surface area contributed by atoms with Crippen molar-refractivity contribution < 1.29 is 0 Å². The van der Waals surface area contributed by atoms with Crippen molar-refractivity contribution >= 4 is 19.2 Å². The Morgan fingerprint density at radius 1 is 0.889 bits per heavy atom. The van der Waals surface area contributed by atoms with Crippen molar-refractivity contribution in [2.24, 2.45) is 0 Å². The average molecular weight is 252 g/mol. The van der Waals surface area contributed by atoms with E-state index in [1.807, 2.05) is 0 Å². The Labute approximate surface area is 112 Å². The number of hydrogen-bond acceptors (Lipinski definition) is 0. The molecule has 0 N–H and O–H groups in total. The minimum Gasteiger partial charge on any atom is -0.0890 e. The second-order valence-electron chi connectivity index (χ2n) is 4.71. The van der Waals surface area contributed by atoms with E-state index in [9.17, 15) is 0 Å². The summed E-state index contributed by atoms with van der Waals surface area (Å²) in [6.45, 7) is 4.38. The lowest BCUT2D eigenvalue weighted by Crippen LogP contribution is -2.41. The van der Waals surface area contributed by atoms with Crippen LogP contribution in [0.25, 0.3) is 0 Å². The fourth-order valence-electron chi connectivity index (χ4n) is 2.24. The fourth-order valence-corrected chi connectivity index (χ4v) is 5.35. The normalized spacial score (nSPS) is 11.8. The molecule has 0 saturated heterocycles. The zero-order chi connectivity index (χ0) is 12.8. The minimum absolute atomic E-state index is 1.09. The molecule has 0 unspecified atom stereocenters. The van der Waals surface area contributed by atoms with Gasteiger partial charge in [0, 0.05) is 0 Å². The van der Waals surface area contributed by atoms with Crippen molar-refractivity contribution in [1.82, 2.24) is 0 Å². The SMILES string of the molecule is C/C=C(\C)C[SiH](c1ccccc1)c1ccccc1. The third kappa shape index (κ3) is 3.20. The van der Waals surface area contributed by atoms with Crippen molar-refractivity contribution in [3.05, 3.63) is 72.3 Å². The summed E-state index contributed by atoms with van der Waals surface area (Å²) in [5, 5.41) is 3.06. The topological polar surface area (TPSA) is 0 Å². The molecule has 2 rings (SSSR count). The molecule has 0 aromatic heterocycles. The van der Waals surface area contributed by atoms with Gasteiger partial charge in [0.05, 0.1) is 0 Å². The Hall–Kier alpha value is -1.60. The van der Waals surface area contributed by atoms with Crippen LogP contribution in [0.15, 0.2) is 72.3 Å². The second-order valence-corrected chi connectivity index (χ2v) is 7.56. The first-order chi connectivity index (χ1) is 8.81. The molecule has 0 nitrogen and oxygen atoms in total. The van der Waals surface area contributed by atoms with Gasteiger partial charge in [-0.3, -0.25) is 0 Å². The van der Waals surface area contributed by atoms with Gasteiger partial charge in [-0.1, -0.05) is 82.7 Å². The highest BCUT2D eigenvalue weighted by Gasteiger charge is 2.15. The Kier molecular flexibility index (Phi) is 4.54. The van der Waals surface area contributed by atoms with Crippen LogP contribution >= 0.6 is 0 Å². The van der Waals surface area contributed by atoms with Crippen LogP contribution < -0.4 is 10.4 Å². The highest BCUT2D eigenvalue weighted by atomic mass is 28.3. The van der Waals surface area contributed by atoms with E-state index in [1.54, 1.807) is 0 Å². The summed E-state index contributed by atoms with van der Waals surface area (Å²) in [5.41, 5.74) is 1.50. The monoisotopic (exact) mass is 252 g/mol. The maximum absolute atomic E-state index is 2.28. The third-order valence-electron chi connectivity index (χ3n) is 3.42. The Morgan fingerprint density at radius 3 is 1.72 bits per heavy atom. The predicted octanol–water partition coefficient (Wildman–Crippen LogP) is 2.99. The van der Waals surface area contributed by atoms with Crippen molar-refractivity contribution in [2.75, 3.05) is 0 Å². The van der Waals surface area contributed by atoms with Crippen molar-refractivity contribution in [3.8, 4) is 0 Å². The van der Waals surface area contributed by atoms with Crippen LogP contribution in [0.4, 0.5) is 0 Å². The molecule has 0 saturated carbocycles. The standard InChI is InChI=1S/C17H20Si/c1-3-15(2)14-18(16-10-6-4-7-11-16)17-12-8-5-9-13-17/h3-13,18H,14H2,1-2H3/b15-3+. The first kappa shape index (κ1) is 12.8. The van der Waals surface area contributed by atoms with Crippen molar-refractivity contribution in [2.45, 2.75) is 19.9 Å². The zero-order valence-corrected chi connectivity index (χ0v) is 12.3. The molecule has 0 fully saturated rings. The van der Waals surface area contributed by atoms with E-state index in [-0.39, 0.29) is 0 Å². The van der Waals surface area contributed by atoms with Crippen LogP contribution in [0.3, 0.4) is 0 Å². The van der Waals surface area contributed by atoms with Crippen LogP contribution in [0, 0.1) is 0 Å². The molecule has 0 radical (unpaired) electrons. The lowest BCUT2D eigenvalue weighted by molar-refractivity contribution is 1.34. The second kappa shape index (κ2) is 6.36. The van der Waals surface area contributed by atoms with Gasteiger partial charge in [-0.25, -0.2) is 0 Å². The van der Waals surface area contributed by atoms with E-state index >= 15 is 0 Å². The highest BCUT2D eigenvalue weighted by Crippen LogP contribution is 2.06. The molecule has 0 aliphatic heterocycles. The third-order valence-corrected chi connectivity index (χ3v) is 6.85. The van der Waals surface area contributed by atoms with E-state index in [4.69, 9.17) is 0 Å². The van der Waals surface area contributed by atoms with Crippen LogP contribution in [0.5, 0.6) is 0 Å². The van der Waals surface area contributed by atoms with Crippen LogP contribution in [-0.4, -0.2) is 8.80 Å². The Balaban J connectivity index is 2.35. The van der Waals surface area contributed by atoms with Gasteiger partial charge in [0.25, 0.3) is 0 Å². The summed E-state index contributed by atoms with van der Waals surface area (Å²) >= 11 is 0.